The highest BCUT2D eigenvalue weighted by atomic mass is 16.5. The van der Waals surface area contributed by atoms with Crippen molar-refractivity contribution in [1.82, 2.24) is 10.6 Å². The summed E-state index contributed by atoms with van der Waals surface area (Å²) >= 11 is 0. The number of hydrogen-bond donors (Lipinski definition) is 2. The van der Waals surface area contributed by atoms with Crippen LogP contribution in [-0.2, 0) is 9.53 Å². The summed E-state index contributed by atoms with van der Waals surface area (Å²) in [7, 11) is 0. The van der Waals surface area contributed by atoms with Gasteiger partial charge in [-0.2, -0.15) is 0 Å². The van der Waals surface area contributed by atoms with Crippen LogP contribution in [0.1, 0.15) is 26.7 Å². The number of amides is 1. The van der Waals surface area contributed by atoms with Gasteiger partial charge in [0.25, 0.3) is 0 Å². The molecule has 4 nitrogen and oxygen atoms in total. The summed E-state index contributed by atoms with van der Waals surface area (Å²) < 4.78 is 5.39. The average Bonchev–Trinajstić information content (AvgIpc) is 3.03. The van der Waals surface area contributed by atoms with E-state index in [0.717, 1.165) is 25.6 Å². The van der Waals surface area contributed by atoms with Crippen LogP contribution in [0.3, 0.4) is 0 Å². The summed E-state index contributed by atoms with van der Waals surface area (Å²) in [5.74, 6) is 1.41. The van der Waals surface area contributed by atoms with E-state index < -0.39 is 0 Å². The minimum absolute atomic E-state index is 0.0933. The molecule has 0 aromatic rings. The lowest BCUT2D eigenvalue weighted by molar-refractivity contribution is -0.120. The van der Waals surface area contributed by atoms with Crippen molar-refractivity contribution < 1.29 is 9.53 Å². The van der Waals surface area contributed by atoms with E-state index in [1.807, 2.05) is 0 Å². The Morgan fingerprint density at radius 3 is 2.81 bits per heavy atom. The van der Waals surface area contributed by atoms with Crippen LogP contribution >= 0.6 is 0 Å². The lowest BCUT2D eigenvalue weighted by atomic mass is 10.2. The summed E-state index contributed by atoms with van der Waals surface area (Å²) in [6.45, 7) is 7.70. The van der Waals surface area contributed by atoms with Gasteiger partial charge in [-0.05, 0) is 24.7 Å². The highest BCUT2D eigenvalue weighted by molar-refractivity contribution is 5.77. The third-order valence-electron chi connectivity index (χ3n) is 2.44. The van der Waals surface area contributed by atoms with E-state index in [9.17, 15) is 4.79 Å². The molecule has 1 aliphatic rings. The molecule has 1 aliphatic carbocycles. The largest absolute Gasteiger partial charge is 0.380 e. The van der Waals surface area contributed by atoms with Crippen molar-refractivity contribution >= 4 is 5.91 Å². The molecule has 0 aliphatic heterocycles. The van der Waals surface area contributed by atoms with Gasteiger partial charge in [-0.1, -0.05) is 13.8 Å². The number of carbonyl (C=O) groups excluding carboxylic acids is 1. The minimum atomic E-state index is 0.0933. The van der Waals surface area contributed by atoms with Crippen LogP contribution < -0.4 is 10.6 Å². The minimum Gasteiger partial charge on any atom is -0.380 e. The van der Waals surface area contributed by atoms with Gasteiger partial charge in [0.15, 0.2) is 0 Å². The molecule has 0 radical (unpaired) electrons. The van der Waals surface area contributed by atoms with Gasteiger partial charge in [-0.15, -0.1) is 0 Å². The fourth-order valence-corrected chi connectivity index (χ4v) is 1.31. The summed E-state index contributed by atoms with van der Waals surface area (Å²) in [4.78, 5) is 11.3. The first-order valence-electron chi connectivity index (χ1n) is 6.23. The van der Waals surface area contributed by atoms with Crippen molar-refractivity contribution in [2.45, 2.75) is 26.7 Å². The van der Waals surface area contributed by atoms with Crippen LogP contribution in [0.15, 0.2) is 0 Å². The van der Waals surface area contributed by atoms with Crippen LogP contribution in [0.2, 0.25) is 0 Å². The molecule has 0 aromatic heterocycles. The Balaban J connectivity index is 1.80. The first-order valence-corrected chi connectivity index (χ1v) is 6.23. The summed E-state index contributed by atoms with van der Waals surface area (Å²) in [6, 6.07) is 0. The quantitative estimate of drug-likeness (QED) is 0.573. The van der Waals surface area contributed by atoms with Gasteiger partial charge in [0.2, 0.25) is 5.91 Å². The van der Waals surface area contributed by atoms with Crippen LogP contribution in [0.4, 0.5) is 0 Å². The van der Waals surface area contributed by atoms with Crippen molar-refractivity contribution in [3.05, 3.63) is 0 Å². The van der Waals surface area contributed by atoms with Crippen molar-refractivity contribution in [1.29, 1.82) is 0 Å². The Morgan fingerprint density at radius 2 is 2.19 bits per heavy atom. The van der Waals surface area contributed by atoms with Crippen molar-refractivity contribution in [2.24, 2.45) is 11.8 Å². The maximum atomic E-state index is 11.3. The molecular weight excluding hydrogens is 204 g/mol. The van der Waals surface area contributed by atoms with E-state index in [1.165, 1.54) is 12.8 Å². The van der Waals surface area contributed by atoms with Gasteiger partial charge in [-0.3, -0.25) is 4.79 Å². The molecule has 0 atom stereocenters. The SMILES string of the molecule is CC(C)COCCNCC(=O)NCC1CC1. The predicted molar refractivity (Wildman–Crippen MR) is 64.3 cm³/mol. The van der Waals surface area contributed by atoms with E-state index in [0.29, 0.717) is 19.1 Å². The van der Waals surface area contributed by atoms with Crippen molar-refractivity contribution in [3.8, 4) is 0 Å². The smallest absolute Gasteiger partial charge is 0.233 e. The molecule has 0 bridgehead atoms. The number of carbonyl (C=O) groups is 1. The zero-order valence-electron chi connectivity index (χ0n) is 10.4. The van der Waals surface area contributed by atoms with Crippen LogP contribution in [0.5, 0.6) is 0 Å². The second-order valence-electron chi connectivity index (χ2n) is 4.89. The maximum absolute atomic E-state index is 11.3. The van der Waals surface area contributed by atoms with Gasteiger partial charge < -0.3 is 15.4 Å². The lowest BCUT2D eigenvalue weighted by Gasteiger charge is -2.08. The molecule has 1 saturated carbocycles. The molecule has 16 heavy (non-hydrogen) atoms. The molecule has 0 spiro atoms. The third kappa shape index (κ3) is 7.65. The number of hydrogen-bond acceptors (Lipinski definition) is 3. The summed E-state index contributed by atoms with van der Waals surface area (Å²) in [6.07, 6.45) is 2.55. The highest BCUT2D eigenvalue weighted by Gasteiger charge is 2.21. The van der Waals surface area contributed by atoms with Crippen molar-refractivity contribution in [2.75, 3.05) is 32.8 Å². The van der Waals surface area contributed by atoms with E-state index in [1.54, 1.807) is 0 Å². The number of rotatable bonds is 9. The van der Waals surface area contributed by atoms with Crippen LogP contribution in [-0.4, -0.2) is 38.8 Å². The molecular formula is C12H24N2O2. The molecule has 0 heterocycles. The fraction of sp³-hybridized carbons (Fsp3) is 0.917. The number of ether oxygens (including phenoxy) is 1. The zero-order valence-corrected chi connectivity index (χ0v) is 10.4. The van der Waals surface area contributed by atoms with Crippen molar-refractivity contribution in [3.63, 3.8) is 0 Å². The van der Waals surface area contributed by atoms with E-state index in [2.05, 4.69) is 24.5 Å². The molecule has 2 N–H and O–H groups in total. The molecule has 94 valence electrons. The zero-order chi connectivity index (χ0) is 11.8. The second-order valence-corrected chi connectivity index (χ2v) is 4.89. The molecule has 0 saturated heterocycles. The molecule has 4 heteroatoms. The Kier molecular flexibility index (Phi) is 6.42. The van der Waals surface area contributed by atoms with Gasteiger partial charge in [0.05, 0.1) is 13.2 Å². The van der Waals surface area contributed by atoms with Crippen LogP contribution in [0.25, 0.3) is 0 Å². The molecule has 1 amide bonds. The predicted octanol–water partition coefficient (Wildman–Crippen LogP) is 0.775. The van der Waals surface area contributed by atoms with Crippen LogP contribution in [0, 0.1) is 11.8 Å². The maximum Gasteiger partial charge on any atom is 0.233 e. The van der Waals surface area contributed by atoms with E-state index in [4.69, 9.17) is 4.74 Å². The Morgan fingerprint density at radius 1 is 1.44 bits per heavy atom. The molecule has 0 aromatic carbocycles. The average molecular weight is 228 g/mol. The fourth-order valence-electron chi connectivity index (χ4n) is 1.31. The monoisotopic (exact) mass is 228 g/mol. The van der Waals surface area contributed by atoms with E-state index >= 15 is 0 Å². The number of nitrogens with one attached hydrogen (secondary N) is 2. The highest BCUT2D eigenvalue weighted by Crippen LogP contribution is 2.27. The Hall–Kier alpha value is -0.610. The Bertz CT molecular complexity index is 203. The first kappa shape index (κ1) is 13.5. The molecule has 0 unspecified atom stereocenters. The second kappa shape index (κ2) is 7.63. The van der Waals surface area contributed by atoms with Gasteiger partial charge in [-0.25, -0.2) is 0 Å². The summed E-state index contributed by atoms with van der Waals surface area (Å²) in [5.41, 5.74) is 0. The van der Waals surface area contributed by atoms with E-state index in [-0.39, 0.29) is 5.91 Å². The standard InChI is InChI=1S/C12H24N2O2/c1-10(2)9-16-6-5-13-8-12(15)14-7-11-3-4-11/h10-11,13H,3-9H2,1-2H3,(H,14,15). The third-order valence-corrected chi connectivity index (χ3v) is 2.44. The topological polar surface area (TPSA) is 50.4 Å². The first-order chi connectivity index (χ1) is 7.68. The summed E-state index contributed by atoms with van der Waals surface area (Å²) in [5, 5.41) is 5.98. The molecule has 1 fully saturated rings. The van der Waals surface area contributed by atoms with Gasteiger partial charge in [0.1, 0.15) is 0 Å². The lowest BCUT2D eigenvalue weighted by Crippen LogP contribution is -2.36. The normalized spacial score (nSPS) is 15.4. The van der Waals surface area contributed by atoms with Gasteiger partial charge in [0, 0.05) is 19.7 Å². The van der Waals surface area contributed by atoms with Gasteiger partial charge >= 0.3 is 0 Å². The molecule has 1 rings (SSSR count). The Labute approximate surface area is 98.1 Å².